The van der Waals surface area contributed by atoms with E-state index in [4.69, 9.17) is 9.47 Å². The molecule has 2 aromatic rings. The monoisotopic (exact) mass is 292 g/mol. The lowest BCUT2D eigenvalue weighted by Gasteiger charge is -2.13. The number of aliphatic hydroxyl groups excluding tert-OH is 1. The van der Waals surface area contributed by atoms with Crippen molar-refractivity contribution in [2.45, 2.75) is 26.4 Å². The third-order valence-corrected chi connectivity index (χ3v) is 4.30. The van der Waals surface area contributed by atoms with E-state index in [0.29, 0.717) is 17.9 Å². The van der Waals surface area contributed by atoms with Crippen LogP contribution in [0.1, 0.15) is 27.0 Å². The Kier molecular flexibility index (Phi) is 4.68. The highest BCUT2D eigenvalue weighted by atomic mass is 32.1. The average molecular weight is 292 g/mol. The summed E-state index contributed by atoms with van der Waals surface area (Å²) in [7, 11) is 3.23. The first-order valence-electron chi connectivity index (χ1n) is 6.51. The molecular weight excluding hydrogens is 272 g/mol. The zero-order chi connectivity index (χ0) is 14.7. The summed E-state index contributed by atoms with van der Waals surface area (Å²) in [5.41, 5.74) is 2.04. The summed E-state index contributed by atoms with van der Waals surface area (Å²) in [6, 6.07) is 7.80. The molecule has 0 saturated heterocycles. The summed E-state index contributed by atoms with van der Waals surface area (Å²) in [4.78, 5) is 2.40. The van der Waals surface area contributed by atoms with Gasteiger partial charge in [0.25, 0.3) is 0 Å². The molecule has 3 nitrogen and oxygen atoms in total. The van der Waals surface area contributed by atoms with Crippen molar-refractivity contribution in [2.24, 2.45) is 0 Å². The van der Waals surface area contributed by atoms with E-state index in [2.05, 4.69) is 13.0 Å². The number of aliphatic hydroxyl groups is 1. The van der Waals surface area contributed by atoms with Gasteiger partial charge in [0, 0.05) is 16.2 Å². The van der Waals surface area contributed by atoms with Crippen molar-refractivity contribution in [1.82, 2.24) is 0 Å². The molecule has 1 atom stereocenters. The number of benzene rings is 1. The normalized spacial score (nSPS) is 12.2. The molecule has 4 heteroatoms. The van der Waals surface area contributed by atoms with E-state index < -0.39 is 6.10 Å². The van der Waals surface area contributed by atoms with Crippen molar-refractivity contribution in [2.75, 3.05) is 14.2 Å². The fourth-order valence-electron chi connectivity index (χ4n) is 2.32. The summed E-state index contributed by atoms with van der Waals surface area (Å²) < 4.78 is 10.5. The first-order valence-corrected chi connectivity index (χ1v) is 7.32. The number of aryl methyl sites for hydroxylation is 2. The predicted molar refractivity (Wildman–Crippen MR) is 82.0 cm³/mol. The van der Waals surface area contributed by atoms with Gasteiger partial charge in [-0.1, -0.05) is 6.07 Å². The number of hydrogen-bond donors (Lipinski definition) is 1. The highest BCUT2D eigenvalue weighted by molar-refractivity contribution is 7.12. The molecule has 0 spiro atoms. The molecular formula is C16H20O3S. The fourth-order valence-corrected chi connectivity index (χ4v) is 3.30. The van der Waals surface area contributed by atoms with E-state index in [0.717, 1.165) is 11.1 Å². The third kappa shape index (κ3) is 3.14. The van der Waals surface area contributed by atoms with Crippen molar-refractivity contribution < 1.29 is 14.6 Å². The van der Waals surface area contributed by atoms with E-state index in [1.807, 2.05) is 25.1 Å². The van der Waals surface area contributed by atoms with E-state index in [1.165, 1.54) is 9.75 Å². The van der Waals surface area contributed by atoms with Crippen LogP contribution in [0.25, 0.3) is 0 Å². The predicted octanol–water partition coefficient (Wildman–Crippen LogP) is 3.66. The molecule has 1 N–H and O–H groups in total. The molecule has 108 valence electrons. The molecule has 0 aliphatic rings. The molecule has 0 aliphatic carbocycles. The van der Waals surface area contributed by atoms with Crippen molar-refractivity contribution in [1.29, 1.82) is 0 Å². The topological polar surface area (TPSA) is 38.7 Å². The van der Waals surface area contributed by atoms with Crippen LogP contribution in [-0.4, -0.2) is 19.3 Å². The lowest BCUT2D eigenvalue weighted by atomic mass is 10.0. The number of ether oxygens (including phenoxy) is 2. The van der Waals surface area contributed by atoms with Crippen LogP contribution >= 0.6 is 11.3 Å². The first-order chi connectivity index (χ1) is 9.55. The molecule has 0 amide bonds. The van der Waals surface area contributed by atoms with Gasteiger partial charge in [0.2, 0.25) is 0 Å². The Morgan fingerprint density at radius 2 is 1.80 bits per heavy atom. The minimum absolute atomic E-state index is 0.488. The minimum Gasteiger partial charge on any atom is -0.493 e. The maximum absolute atomic E-state index is 10.4. The van der Waals surface area contributed by atoms with Gasteiger partial charge in [-0.05, 0) is 43.2 Å². The van der Waals surface area contributed by atoms with Crippen molar-refractivity contribution in [3.8, 4) is 11.5 Å². The molecule has 0 fully saturated rings. The SMILES string of the molecule is COc1ccc(CC(O)c2cc(C)sc2C)cc1OC. The van der Waals surface area contributed by atoms with Crippen molar-refractivity contribution in [3.05, 3.63) is 45.1 Å². The fraction of sp³-hybridized carbons (Fsp3) is 0.375. The van der Waals surface area contributed by atoms with E-state index in [9.17, 15) is 5.11 Å². The highest BCUT2D eigenvalue weighted by Gasteiger charge is 2.15. The Hall–Kier alpha value is -1.52. The highest BCUT2D eigenvalue weighted by Crippen LogP contribution is 2.32. The maximum Gasteiger partial charge on any atom is 0.160 e. The Balaban J connectivity index is 2.19. The van der Waals surface area contributed by atoms with Crippen LogP contribution in [0.3, 0.4) is 0 Å². The summed E-state index contributed by atoms with van der Waals surface area (Å²) in [5.74, 6) is 1.39. The summed E-state index contributed by atoms with van der Waals surface area (Å²) >= 11 is 1.72. The largest absolute Gasteiger partial charge is 0.493 e. The van der Waals surface area contributed by atoms with Gasteiger partial charge in [0.15, 0.2) is 11.5 Å². The third-order valence-electron chi connectivity index (χ3n) is 3.32. The maximum atomic E-state index is 10.4. The summed E-state index contributed by atoms with van der Waals surface area (Å²) in [6.07, 6.45) is 0.0789. The van der Waals surface area contributed by atoms with Gasteiger partial charge < -0.3 is 14.6 Å². The molecule has 2 rings (SSSR count). The molecule has 1 aromatic carbocycles. The second-order valence-electron chi connectivity index (χ2n) is 4.78. The first kappa shape index (κ1) is 14.9. The number of thiophene rings is 1. The molecule has 0 aliphatic heterocycles. The van der Waals surface area contributed by atoms with E-state index in [-0.39, 0.29) is 0 Å². The minimum atomic E-state index is -0.488. The van der Waals surface area contributed by atoms with Crippen LogP contribution in [0.4, 0.5) is 0 Å². The number of rotatable bonds is 5. The zero-order valence-corrected chi connectivity index (χ0v) is 13.1. The molecule has 0 saturated carbocycles. The smallest absolute Gasteiger partial charge is 0.160 e. The zero-order valence-electron chi connectivity index (χ0n) is 12.3. The van der Waals surface area contributed by atoms with Crippen LogP contribution in [-0.2, 0) is 6.42 Å². The van der Waals surface area contributed by atoms with Gasteiger partial charge in [-0.3, -0.25) is 0 Å². The van der Waals surface area contributed by atoms with Gasteiger partial charge in [0.05, 0.1) is 20.3 Å². The Bertz CT molecular complexity index is 589. The van der Waals surface area contributed by atoms with Gasteiger partial charge in [-0.25, -0.2) is 0 Å². The molecule has 1 unspecified atom stereocenters. The Morgan fingerprint density at radius 3 is 2.35 bits per heavy atom. The second-order valence-corrected chi connectivity index (χ2v) is 6.24. The molecule has 0 radical (unpaired) electrons. The van der Waals surface area contributed by atoms with Crippen molar-refractivity contribution >= 4 is 11.3 Å². The lowest BCUT2D eigenvalue weighted by Crippen LogP contribution is -2.02. The van der Waals surface area contributed by atoms with Crippen LogP contribution in [0.2, 0.25) is 0 Å². The quantitative estimate of drug-likeness (QED) is 0.914. The molecule has 1 heterocycles. The molecule has 0 bridgehead atoms. The van der Waals surface area contributed by atoms with Crippen LogP contribution in [0, 0.1) is 13.8 Å². The van der Waals surface area contributed by atoms with Crippen LogP contribution in [0.5, 0.6) is 11.5 Å². The Morgan fingerprint density at radius 1 is 1.10 bits per heavy atom. The lowest BCUT2D eigenvalue weighted by molar-refractivity contribution is 0.178. The van der Waals surface area contributed by atoms with E-state index >= 15 is 0 Å². The number of methoxy groups -OCH3 is 2. The second kappa shape index (κ2) is 6.29. The van der Waals surface area contributed by atoms with Gasteiger partial charge in [-0.2, -0.15) is 0 Å². The van der Waals surface area contributed by atoms with Crippen LogP contribution in [0.15, 0.2) is 24.3 Å². The van der Waals surface area contributed by atoms with E-state index in [1.54, 1.807) is 25.6 Å². The molecule has 1 aromatic heterocycles. The summed E-state index contributed by atoms with van der Waals surface area (Å²) in [5, 5.41) is 10.4. The average Bonchev–Trinajstić information content (AvgIpc) is 2.77. The summed E-state index contributed by atoms with van der Waals surface area (Å²) in [6.45, 7) is 4.11. The van der Waals surface area contributed by atoms with Gasteiger partial charge in [-0.15, -0.1) is 11.3 Å². The standard InChI is InChI=1S/C16H20O3S/c1-10-7-13(11(2)20-10)14(17)8-12-5-6-15(18-3)16(9-12)19-4/h5-7,9,14,17H,8H2,1-4H3. The van der Waals surface area contributed by atoms with Crippen LogP contribution < -0.4 is 9.47 Å². The Labute approximate surface area is 123 Å². The van der Waals surface area contributed by atoms with Gasteiger partial charge in [0.1, 0.15) is 0 Å². The molecule has 20 heavy (non-hydrogen) atoms. The number of hydrogen-bond acceptors (Lipinski definition) is 4. The van der Waals surface area contributed by atoms with Gasteiger partial charge >= 0.3 is 0 Å². The van der Waals surface area contributed by atoms with Crippen molar-refractivity contribution in [3.63, 3.8) is 0 Å².